The average Bonchev–Trinajstić information content (AvgIpc) is 2.63. The van der Waals surface area contributed by atoms with E-state index in [1.54, 1.807) is 18.2 Å². The van der Waals surface area contributed by atoms with Crippen LogP contribution < -0.4 is 26.0 Å². The third kappa shape index (κ3) is 2.59. The minimum absolute atomic E-state index is 0.107. The number of carbonyl (C=O) groups is 1. The van der Waals surface area contributed by atoms with Crippen LogP contribution in [0.15, 0.2) is 27.8 Å². The van der Waals surface area contributed by atoms with E-state index >= 15 is 0 Å². The highest BCUT2D eigenvalue weighted by Crippen LogP contribution is 2.37. The molecule has 0 fully saturated rings. The van der Waals surface area contributed by atoms with E-state index < -0.39 is 17.2 Å². The number of nitrogens with zero attached hydrogens (tertiary/aromatic N) is 2. The first-order chi connectivity index (χ1) is 11.9. The fourth-order valence-corrected chi connectivity index (χ4v) is 3.16. The molecule has 2 heterocycles. The van der Waals surface area contributed by atoms with Gasteiger partial charge >= 0.3 is 5.69 Å². The molecule has 2 aromatic rings. The lowest BCUT2D eigenvalue weighted by Crippen LogP contribution is -2.44. The van der Waals surface area contributed by atoms with Gasteiger partial charge in [0.2, 0.25) is 5.91 Å². The average molecular weight is 345 g/mol. The number of rotatable bonds is 3. The molecule has 1 unspecified atom stereocenters. The lowest BCUT2D eigenvalue weighted by Gasteiger charge is -2.27. The van der Waals surface area contributed by atoms with Crippen LogP contribution in [0.25, 0.3) is 0 Å². The number of hydrogen-bond acceptors (Lipinski definition) is 5. The lowest BCUT2D eigenvalue weighted by atomic mass is 9.86. The monoisotopic (exact) mass is 345 g/mol. The summed E-state index contributed by atoms with van der Waals surface area (Å²) in [6, 6.07) is 5.27. The quantitative estimate of drug-likeness (QED) is 0.878. The van der Waals surface area contributed by atoms with Crippen LogP contribution >= 0.6 is 0 Å². The van der Waals surface area contributed by atoms with Gasteiger partial charge in [-0.1, -0.05) is 6.07 Å². The molecule has 0 aliphatic carbocycles. The molecule has 0 radical (unpaired) electrons. The zero-order valence-corrected chi connectivity index (χ0v) is 14.5. The summed E-state index contributed by atoms with van der Waals surface area (Å²) in [5, 5.41) is 2.64. The number of hydrogen-bond donors (Lipinski definition) is 1. The van der Waals surface area contributed by atoms with Crippen molar-refractivity contribution in [2.45, 2.75) is 12.3 Å². The van der Waals surface area contributed by atoms with Crippen molar-refractivity contribution in [2.75, 3.05) is 19.5 Å². The maximum atomic E-state index is 12.7. The Bertz CT molecular complexity index is 973. The number of amides is 1. The van der Waals surface area contributed by atoms with Crippen LogP contribution in [0.3, 0.4) is 0 Å². The Morgan fingerprint density at radius 2 is 1.72 bits per heavy atom. The Morgan fingerprint density at radius 3 is 2.36 bits per heavy atom. The number of fused-ring (bicyclic) bond motifs is 1. The van der Waals surface area contributed by atoms with Crippen LogP contribution in [-0.2, 0) is 18.9 Å². The standard InChI is InChI=1S/C17H19N3O5/c1-19-15-14(16(22)20(2)17(19)23)10(8-13(21)18-15)9-5-6-11(24-3)12(7-9)25-4/h5-7,10H,8H2,1-4H3,(H,18,21). The van der Waals surface area contributed by atoms with Gasteiger partial charge in [0.1, 0.15) is 5.82 Å². The first-order valence-electron chi connectivity index (χ1n) is 7.70. The zero-order chi connectivity index (χ0) is 18.3. The van der Waals surface area contributed by atoms with Gasteiger partial charge < -0.3 is 14.8 Å². The molecular weight excluding hydrogens is 326 g/mol. The summed E-state index contributed by atoms with van der Waals surface area (Å²) in [6.45, 7) is 0. The van der Waals surface area contributed by atoms with E-state index in [0.717, 1.165) is 10.1 Å². The largest absolute Gasteiger partial charge is 0.493 e. The fraction of sp³-hybridized carbons (Fsp3) is 0.353. The third-order valence-corrected chi connectivity index (χ3v) is 4.51. The van der Waals surface area contributed by atoms with E-state index in [-0.39, 0.29) is 18.1 Å². The predicted octanol–water partition coefficient (Wildman–Crippen LogP) is 0.575. The van der Waals surface area contributed by atoms with E-state index in [9.17, 15) is 14.4 Å². The second-order valence-electron chi connectivity index (χ2n) is 5.89. The number of benzene rings is 1. The predicted molar refractivity (Wildman–Crippen MR) is 91.6 cm³/mol. The summed E-state index contributed by atoms with van der Waals surface area (Å²) in [4.78, 5) is 37.0. The molecule has 8 heteroatoms. The van der Waals surface area contributed by atoms with E-state index in [1.165, 1.54) is 32.9 Å². The van der Waals surface area contributed by atoms with Crippen LogP contribution in [0.1, 0.15) is 23.5 Å². The molecule has 3 rings (SSSR count). The third-order valence-electron chi connectivity index (χ3n) is 4.51. The molecule has 8 nitrogen and oxygen atoms in total. The maximum Gasteiger partial charge on any atom is 0.332 e. The smallest absolute Gasteiger partial charge is 0.332 e. The normalized spacial score (nSPS) is 16.2. The Kier molecular flexibility index (Phi) is 4.12. The number of aromatic nitrogens is 2. The minimum atomic E-state index is -0.489. The van der Waals surface area contributed by atoms with Gasteiger partial charge in [-0.05, 0) is 17.7 Å². The summed E-state index contributed by atoms with van der Waals surface area (Å²) >= 11 is 0. The van der Waals surface area contributed by atoms with Crippen molar-refractivity contribution in [1.29, 1.82) is 0 Å². The van der Waals surface area contributed by atoms with Gasteiger partial charge in [-0.3, -0.25) is 18.7 Å². The fourth-order valence-electron chi connectivity index (χ4n) is 3.16. The Labute approximate surface area is 143 Å². The maximum absolute atomic E-state index is 12.7. The number of methoxy groups -OCH3 is 2. The lowest BCUT2D eigenvalue weighted by molar-refractivity contribution is -0.116. The van der Waals surface area contributed by atoms with Gasteiger partial charge in [0.15, 0.2) is 11.5 Å². The summed E-state index contributed by atoms with van der Waals surface area (Å²) in [5.74, 6) is 0.572. The van der Waals surface area contributed by atoms with Gasteiger partial charge in [0.05, 0.1) is 19.8 Å². The van der Waals surface area contributed by atoms with Crippen LogP contribution in [-0.4, -0.2) is 29.3 Å². The second-order valence-corrected chi connectivity index (χ2v) is 5.89. The minimum Gasteiger partial charge on any atom is -0.493 e. The van der Waals surface area contributed by atoms with Crippen molar-refractivity contribution < 1.29 is 14.3 Å². The van der Waals surface area contributed by atoms with E-state index in [4.69, 9.17) is 9.47 Å². The van der Waals surface area contributed by atoms with Crippen molar-refractivity contribution in [3.63, 3.8) is 0 Å². The number of ether oxygens (including phenoxy) is 2. The molecule has 0 saturated heterocycles. The molecule has 1 atom stereocenters. The molecule has 1 aliphatic rings. The van der Waals surface area contributed by atoms with E-state index in [0.29, 0.717) is 17.1 Å². The number of anilines is 1. The molecular formula is C17H19N3O5. The molecule has 0 bridgehead atoms. The molecule has 132 valence electrons. The molecule has 1 aromatic carbocycles. The van der Waals surface area contributed by atoms with Crippen LogP contribution in [0.2, 0.25) is 0 Å². The highest BCUT2D eigenvalue weighted by molar-refractivity contribution is 5.94. The van der Waals surface area contributed by atoms with E-state index in [2.05, 4.69) is 5.32 Å². The summed E-state index contributed by atoms with van der Waals surface area (Å²) < 4.78 is 12.9. The summed E-state index contributed by atoms with van der Waals surface area (Å²) in [6.07, 6.45) is 0.107. The first kappa shape index (κ1) is 16.8. The summed E-state index contributed by atoms with van der Waals surface area (Å²) in [5.41, 5.74) is 0.218. The van der Waals surface area contributed by atoms with Crippen LogP contribution in [0.5, 0.6) is 11.5 Å². The number of nitrogens with one attached hydrogen (secondary N) is 1. The first-order valence-corrected chi connectivity index (χ1v) is 7.70. The van der Waals surface area contributed by atoms with Crippen molar-refractivity contribution >= 4 is 11.7 Å². The molecule has 1 aromatic heterocycles. The van der Waals surface area contributed by atoms with Crippen molar-refractivity contribution in [3.8, 4) is 11.5 Å². The van der Waals surface area contributed by atoms with Crippen molar-refractivity contribution in [3.05, 3.63) is 50.2 Å². The zero-order valence-electron chi connectivity index (χ0n) is 14.5. The van der Waals surface area contributed by atoms with Gasteiger partial charge in [-0.25, -0.2) is 4.79 Å². The molecule has 0 spiro atoms. The Morgan fingerprint density at radius 1 is 1.04 bits per heavy atom. The van der Waals surface area contributed by atoms with Crippen molar-refractivity contribution in [1.82, 2.24) is 9.13 Å². The molecule has 25 heavy (non-hydrogen) atoms. The van der Waals surface area contributed by atoms with Gasteiger partial charge in [-0.2, -0.15) is 0 Å². The highest BCUT2D eigenvalue weighted by Gasteiger charge is 2.32. The summed E-state index contributed by atoms with van der Waals surface area (Å²) in [7, 11) is 6.00. The molecule has 1 aliphatic heterocycles. The molecule has 0 saturated carbocycles. The van der Waals surface area contributed by atoms with Gasteiger partial charge in [0, 0.05) is 26.4 Å². The molecule has 1 N–H and O–H groups in total. The van der Waals surface area contributed by atoms with Gasteiger partial charge in [-0.15, -0.1) is 0 Å². The highest BCUT2D eigenvalue weighted by atomic mass is 16.5. The molecule has 1 amide bonds. The Balaban J connectivity index is 2.26. The van der Waals surface area contributed by atoms with Crippen LogP contribution in [0.4, 0.5) is 5.82 Å². The van der Waals surface area contributed by atoms with Gasteiger partial charge in [0.25, 0.3) is 5.56 Å². The topological polar surface area (TPSA) is 91.6 Å². The van der Waals surface area contributed by atoms with E-state index in [1.807, 2.05) is 0 Å². The number of carbonyl (C=O) groups excluding carboxylic acids is 1. The Hall–Kier alpha value is -3.03. The second kappa shape index (κ2) is 6.12. The van der Waals surface area contributed by atoms with Crippen molar-refractivity contribution in [2.24, 2.45) is 14.1 Å². The van der Waals surface area contributed by atoms with Crippen LogP contribution in [0, 0.1) is 0 Å². The SMILES string of the molecule is COc1ccc(C2CC(=O)Nc3c2c(=O)n(C)c(=O)n3C)cc1OC.